The van der Waals surface area contributed by atoms with Crippen molar-refractivity contribution in [2.75, 3.05) is 39.3 Å². The maximum atomic E-state index is 12.4. The Morgan fingerprint density at radius 1 is 1.29 bits per heavy atom. The van der Waals surface area contributed by atoms with Crippen molar-refractivity contribution in [3.8, 4) is 0 Å². The summed E-state index contributed by atoms with van der Waals surface area (Å²) in [7, 11) is 0. The lowest BCUT2D eigenvalue weighted by molar-refractivity contribution is -0.122. The fourth-order valence-electron chi connectivity index (χ4n) is 2.37. The molecule has 21 heavy (non-hydrogen) atoms. The smallest absolute Gasteiger partial charge is 0.264 e. The molecule has 1 aliphatic heterocycles. The molecule has 0 saturated carbocycles. The zero-order valence-electron chi connectivity index (χ0n) is 12.7. The van der Waals surface area contributed by atoms with Gasteiger partial charge in [0.15, 0.2) is 0 Å². The Balaban J connectivity index is 1.79. The molecule has 2 heterocycles. The van der Waals surface area contributed by atoms with E-state index in [2.05, 4.69) is 10.2 Å². The van der Waals surface area contributed by atoms with Crippen molar-refractivity contribution >= 4 is 23.2 Å². The number of hydrogen-bond acceptors (Lipinski definition) is 4. The summed E-state index contributed by atoms with van der Waals surface area (Å²) in [4.78, 5) is 28.9. The topological polar surface area (TPSA) is 52.7 Å². The maximum Gasteiger partial charge on any atom is 0.264 e. The summed E-state index contributed by atoms with van der Waals surface area (Å²) >= 11 is 1.50. The molecule has 5 nitrogen and oxygen atoms in total. The van der Waals surface area contributed by atoms with Crippen LogP contribution >= 0.6 is 11.3 Å². The van der Waals surface area contributed by atoms with E-state index in [4.69, 9.17) is 0 Å². The second-order valence-corrected chi connectivity index (χ2v) is 6.27. The summed E-state index contributed by atoms with van der Waals surface area (Å²) < 4.78 is 0. The highest BCUT2D eigenvalue weighted by Gasteiger charge is 2.24. The Labute approximate surface area is 129 Å². The van der Waals surface area contributed by atoms with Crippen molar-refractivity contribution < 1.29 is 9.59 Å². The molecule has 1 saturated heterocycles. The third kappa shape index (κ3) is 4.28. The molecule has 0 aromatic carbocycles. The Bertz CT molecular complexity index is 493. The molecule has 1 aromatic rings. The number of rotatable bonds is 5. The Hall–Kier alpha value is -1.40. The number of piperazine rings is 1. The van der Waals surface area contributed by atoms with E-state index in [1.54, 1.807) is 0 Å². The van der Waals surface area contributed by atoms with E-state index in [-0.39, 0.29) is 11.8 Å². The van der Waals surface area contributed by atoms with Crippen LogP contribution in [0.2, 0.25) is 0 Å². The van der Waals surface area contributed by atoms with Gasteiger partial charge in [-0.1, -0.05) is 6.92 Å². The second kappa shape index (κ2) is 7.56. The molecule has 0 unspecified atom stereocenters. The third-order valence-electron chi connectivity index (χ3n) is 3.66. The van der Waals surface area contributed by atoms with Gasteiger partial charge in [-0.05, 0) is 30.4 Å². The number of amides is 2. The zero-order chi connectivity index (χ0) is 15.2. The lowest BCUT2D eigenvalue weighted by atomic mass is 10.2. The molecule has 2 amide bonds. The van der Waals surface area contributed by atoms with Crippen LogP contribution in [0.25, 0.3) is 0 Å². The lowest BCUT2D eigenvalue weighted by Gasteiger charge is -2.34. The van der Waals surface area contributed by atoms with Gasteiger partial charge < -0.3 is 10.2 Å². The Kier molecular flexibility index (Phi) is 5.76. The normalized spacial score (nSPS) is 16.0. The van der Waals surface area contributed by atoms with Gasteiger partial charge >= 0.3 is 0 Å². The summed E-state index contributed by atoms with van der Waals surface area (Å²) in [6, 6.07) is 1.98. The van der Waals surface area contributed by atoms with Gasteiger partial charge in [0.25, 0.3) is 5.91 Å². The molecule has 0 radical (unpaired) electrons. The molecular weight excluding hydrogens is 286 g/mol. The van der Waals surface area contributed by atoms with Crippen molar-refractivity contribution in [2.45, 2.75) is 20.3 Å². The molecule has 0 spiro atoms. The molecule has 116 valence electrons. The minimum absolute atomic E-state index is 0.0747. The van der Waals surface area contributed by atoms with Crippen LogP contribution in [0.15, 0.2) is 11.4 Å². The highest BCUT2D eigenvalue weighted by atomic mass is 32.1. The van der Waals surface area contributed by atoms with Crippen molar-refractivity contribution in [1.29, 1.82) is 0 Å². The average Bonchev–Trinajstić information content (AvgIpc) is 2.91. The third-order valence-corrected chi connectivity index (χ3v) is 4.66. The number of nitrogens with zero attached hydrogens (tertiary/aromatic N) is 2. The molecule has 1 N–H and O–H groups in total. The minimum atomic E-state index is 0.0747. The van der Waals surface area contributed by atoms with Crippen LogP contribution in [0.3, 0.4) is 0 Å². The molecule has 6 heteroatoms. The van der Waals surface area contributed by atoms with Crippen LogP contribution in [0, 0.1) is 6.92 Å². The fourth-order valence-corrected chi connectivity index (χ4v) is 3.26. The molecule has 1 fully saturated rings. The fraction of sp³-hybridized carbons (Fsp3) is 0.600. The van der Waals surface area contributed by atoms with Crippen LogP contribution < -0.4 is 5.32 Å². The number of nitrogens with one attached hydrogen (secondary N) is 1. The molecule has 0 bridgehead atoms. The van der Waals surface area contributed by atoms with Gasteiger partial charge in [-0.2, -0.15) is 0 Å². The van der Waals surface area contributed by atoms with E-state index < -0.39 is 0 Å². The van der Waals surface area contributed by atoms with Crippen molar-refractivity contribution in [3.63, 3.8) is 0 Å². The summed E-state index contributed by atoms with van der Waals surface area (Å²) in [5.74, 6) is 0.198. The predicted molar refractivity (Wildman–Crippen MR) is 84.7 cm³/mol. The van der Waals surface area contributed by atoms with Gasteiger partial charge in [-0.3, -0.25) is 14.5 Å². The molecule has 1 aromatic heterocycles. The second-order valence-electron chi connectivity index (χ2n) is 5.35. The van der Waals surface area contributed by atoms with E-state index in [1.165, 1.54) is 11.3 Å². The molecule has 0 atom stereocenters. The standard InChI is InChI=1S/C15H23N3O2S/c1-3-5-16-13(19)11-17-6-8-18(9-7-17)15(20)14-12(2)4-10-21-14/h4,10H,3,5-9,11H2,1-2H3,(H,16,19). The first-order valence-electron chi connectivity index (χ1n) is 7.44. The lowest BCUT2D eigenvalue weighted by Crippen LogP contribution is -2.51. The van der Waals surface area contributed by atoms with Crippen molar-refractivity contribution in [3.05, 3.63) is 21.9 Å². The summed E-state index contributed by atoms with van der Waals surface area (Å²) in [6.07, 6.45) is 0.953. The summed E-state index contributed by atoms with van der Waals surface area (Å²) in [6.45, 7) is 8.07. The quantitative estimate of drug-likeness (QED) is 0.893. The monoisotopic (exact) mass is 309 g/mol. The van der Waals surface area contributed by atoms with Crippen LogP contribution in [0.4, 0.5) is 0 Å². The van der Waals surface area contributed by atoms with Crippen LogP contribution in [-0.2, 0) is 4.79 Å². The van der Waals surface area contributed by atoms with Crippen LogP contribution in [-0.4, -0.2) is 60.9 Å². The van der Waals surface area contributed by atoms with Gasteiger partial charge in [0.1, 0.15) is 0 Å². The molecular formula is C15H23N3O2S. The minimum Gasteiger partial charge on any atom is -0.355 e. The number of hydrogen-bond donors (Lipinski definition) is 1. The van der Waals surface area contributed by atoms with Gasteiger partial charge in [-0.25, -0.2) is 0 Å². The maximum absolute atomic E-state index is 12.4. The first-order chi connectivity index (χ1) is 10.1. The number of carbonyl (C=O) groups is 2. The Morgan fingerprint density at radius 3 is 2.57 bits per heavy atom. The highest BCUT2D eigenvalue weighted by Crippen LogP contribution is 2.18. The van der Waals surface area contributed by atoms with Crippen molar-refractivity contribution in [2.24, 2.45) is 0 Å². The van der Waals surface area contributed by atoms with Gasteiger partial charge in [0.05, 0.1) is 11.4 Å². The van der Waals surface area contributed by atoms with E-state index in [0.717, 1.165) is 36.5 Å². The van der Waals surface area contributed by atoms with Gasteiger partial charge in [0.2, 0.25) is 5.91 Å². The molecule has 0 aliphatic carbocycles. The SMILES string of the molecule is CCCNC(=O)CN1CCN(C(=O)c2sccc2C)CC1. The largest absolute Gasteiger partial charge is 0.355 e. The van der Waals surface area contributed by atoms with Gasteiger partial charge in [0, 0.05) is 32.7 Å². The number of carbonyl (C=O) groups excluding carboxylic acids is 2. The van der Waals surface area contributed by atoms with Crippen molar-refractivity contribution in [1.82, 2.24) is 15.1 Å². The first-order valence-corrected chi connectivity index (χ1v) is 8.32. The number of aryl methyl sites for hydroxylation is 1. The van der Waals surface area contributed by atoms with Gasteiger partial charge in [-0.15, -0.1) is 11.3 Å². The molecule has 2 rings (SSSR count). The van der Waals surface area contributed by atoms with E-state index >= 15 is 0 Å². The predicted octanol–water partition coefficient (Wildman–Crippen LogP) is 1.34. The Morgan fingerprint density at radius 2 is 2.00 bits per heavy atom. The van der Waals surface area contributed by atoms with Crippen LogP contribution in [0.5, 0.6) is 0 Å². The van der Waals surface area contributed by atoms with E-state index in [0.29, 0.717) is 19.6 Å². The van der Waals surface area contributed by atoms with Crippen LogP contribution in [0.1, 0.15) is 28.6 Å². The summed E-state index contributed by atoms with van der Waals surface area (Å²) in [5.41, 5.74) is 1.05. The average molecular weight is 309 g/mol. The summed E-state index contributed by atoms with van der Waals surface area (Å²) in [5, 5.41) is 4.84. The first kappa shape index (κ1) is 16.0. The highest BCUT2D eigenvalue weighted by molar-refractivity contribution is 7.12. The number of thiophene rings is 1. The molecule has 1 aliphatic rings. The zero-order valence-corrected chi connectivity index (χ0v) is 13.5. The van der Waals surface area contributed by atoms with E-state index in [9.17, 15) is 9.59 Å². The van der Waals surface area contributed by atoms with E-state index in [1.807, 2.05) is 30.2 Å².